The van der Waals surface area contributed by atoms with Crippen molar-refractivity contribution in [3.63, 3.8) is 0 Å². The Kier molecular flexibility index (Phi) is 4.22. The number of amides is 1. The smallest absolute Gasteiger partial charge is 0.326 e. The van der Waals surface area contributed by atoms with Crippen molar-refractivity contribution >= 4 is 11.9 Å². The number of rotatable bonds is 3. The fraction of sp³-hybridized carbons (Fsp3) is 0.846. The molecule has 1 amide bonds. The van der Waals surface area contributed by atoms with Gasteiger partial charge in [0.2, 0.25) is 5.91 Å². The van der Waals surface area contributed by atoms with Crippen LogP contribution in [0.15, 0.2) is 0 Å². The summed E-state index contributed by atoms with van der Waals surface area (Å²) < 4.78 is 5.21. The molecule has 2 aliphatic heterocycles. The summed E-state index contributed by atoms with van der Waals surface area (Å²) in [5.41, 5.74) is 0. The average Bonchev–Trinajstić information content (AvgIpc) is 2.91. The quantitative estimate of drug-likeness (QED) is 0.820. The third-order valence-electron chi connectivity index (χ3n) is 4.14. The minimum atomic E-state index is -0.875. The maximum atomic E-state index is 12.3. The molecule has 0 spiro atoms. The normalized spacial score (nSPS) is 32.5. The summed E-state index contributed by atoms with van der Waals surface area (Å²) in [6.07, 6.45) is 3.21. The zero-order valence-corrected chi connectivity index (χ0v) is 10.8. The molecule has 5 nitrogen and oxygen atoms in total. The van der Waals surface area contributed by atoms with Crippen LogP contribution in [0.25, 0.3) is 0 Å². The number of piperidine rings is 1. The highest BCUT2D eigenvalue weighted by Gasteiger charge is 2.38. The Morgan fingerprint density at radius 2 is 2.17 bits per heavy atom. The van der Waals surface area contributed by atoms with Gasteiger partial charge in [0.15, 0.2) is 0 Å². The number of ether oxygens (including phenoxy) is 1. The molecule has 3 atom stereocenters. The van der Waals surface area contributed by atoms with Crippen molar-refractivity contribution in [2.45, 2.75) is 38.6 Å². The van der Waals surface area contributed by atoms with E-state index in [-0.39, 0.29) is 11.8 Å². The van der Waals surface area contributed by atoms with Gasteiger partial charge in [-0.3, -0.25) is 4.79 Å². The molecule has 0 aromatic rings. The number of hydrogen-bond acceptors (Lipinski definition) is 3. The van der Waals surface area contributed by atoms with E-state index in [1.807, 2.05) is 0 Å². The van der Waals surface area contributed by atoms with Gasteiger partial charge in [-0.1, -0.05) is 13.3 Å². The van der Waals surface area contributed by atoms with E-state index in [9.17, 15) is 14.7 Å². The van der Waals surface area contributed by atoms with Crippen molar-refractivity contribution in [1.82, 2.24) is 4.90 Å². The Morgan fingerprint density at radius 3 is 2.72 bits per heavy atom. The van der Waals surface area contributed by atoms with Crippen molar-refractivity contribution in [3.05, 3.63) is 0 Å². The van der Waals surface area contributed by atoms with E-state index in [1.54, 1.807) is 4.90 Å². The Bertz CT molecular complexity index is 325. The zero-order chi connectivity index (χ0) is 13.1. The molecule has 0 aromatic heterocycles. The van der Waals surface area contributed by atoms with Crippen LogP contribution in [-0.4, -0.2) is 47.7 Å². The van der Waals surface area contributed by atoms with Crippen LogP contribution in [0.5, 0.6) is 0 Å². The molecule has 2 fully saturated rings. The van der Waals surface area contributed by atoms with Crippen molar-refractivity contribution in [2.75, 3.05) is 19.8 Å². The van der Waals surface area contributed by atoms with Crippen molar-refractivity contribution in [1.29, 1.82) is 0 Å². The zero-order valence-electron chi connectivity index (χ0n) is 10.8. The maximum Gasteiger partial charge on any atom is 0.326 e. The van der Waals surface area contributed by atoms with E-state index in [4.69, 9.17) is 4.74 Å². The highest BCUT2D eigenvalue weighted by molar-refractivity contribution is 5.85. The maximum absolute atomic E-state index is 12.3. The Balaban J connectivity index is 2.05. The molecule has 3 unspecified atom stereocenters. The fourth-order valence-corrected chi connectivity index (χ4v) is 2.87. The molecule has 0 bridgehead atoms. The van der Waals surface area contributed by atoms with Gasteiger partial charge in [0.25, 0.3) is 0 Å². The van der Waals surface area contributed by atoms with Gasteiger partial charge in [-0.15, -0.1) is 0 Å². The van der Waals surface area contributed by atoms with Gasteiger partial charge in [0.1, 0.15) is 6.04 Å². The molecule has 18 heavy (non-hydrogen) atoms. The molecule has 2 aliphatic rings. The number of carboxylic acid groups (broad SMARTS) is 1. The predicted octanol–water partition coefficient (Wildman–Crippen LogP) is 1.12. The number of aliphatic carboxylic acids is 1. The number of carbonyl (C=O) groups is 2. The molecule has 0 saturated carbocycles. The Hall–Kier alpha value is -1.10. The predicted molar refractivity (Wildman–Crippen MR) is 65.1 cm³/mol. The summed E-state index contributed by atoms with van der Waals surface area (Å²) >= 11 is 0. The average molecular weight is 255 g/mol. The number of nitrogens with zero attached hydrogens (tertiary/aromatic N) is 1. The first-order valence-corrected chi connectivity index (χ1v) is 6.74. The van der Waals surface area contributed by atoms with Crippen molar-refractivity contribution in [3.8, 4) is 0 Å². The third kappa shape index (κ3) is 2.66. The first kappa shape index (κ1) is 13.3. The second-order valence-electron chi connectivity index (χ2n) is 5.24. The third-order valence-corrected chi connectivity index (χ3v) is 4.14. The fourth-order valence-electron chi connectivity index (χ4n) is 2.87. The molecule has 0 aliphatic carbocycles. The van der Waals surface area contributed by atoms with Crippen LogP contribution in [-0.2, 0) is 14.3 Å². The monoisotopic (exact) mass is 255 g/mol. The van der Waals surface area contributed by atoms with Crippen LogP contribution in [0.1, 0.15) is 32.6 Å². The van der Waals surface area contributed by atoms with Crippen LogP contribution in [0.2, 0.25) is 0 Å². The standard InChI is InChI=1S/C13H21NO4/c1-2-9-3-5-14(11(7-9)13(16)17)12(15)10-4-6-18-8-10/h9-11H,2-8H2,1H3,(H,16,17). The first-order valence-electron chi connectivity index (χ1n) is 6.74. The lowest BCUT2D eigenvalue weighted by Crippen LogP contribution is -2.52. The summed E-state index contributed by atoms with van der Waals surface area (Å²) in [7, 11) is 0. The molecular weight excluding hydrogens is 234 g/mol. The van der Waals surface area contributed by atoms with E-state index in [0.29, 0.717) is 32.1 Å². The second kappa shape index (κ2) is 5.69. The van der Waals surface area contributed by atoms with Gasteiger partial charge in [0.05, 0.1) is 12.5 Å². The van der Waals surface area contributed by atoms with Crippen molar-refractivity contribution in [2.24, 2.45) is 11.8 Å². The lowest BCUT2D eigenvalue weighted by Gasteiger charge is -2.38. The van der Waals surface area contributed by atoms with E-state index in [0.717, 1.165) is 19.3 Å². The van der Waals surface area contributed by atoms with Gasteiger partial charge in [-0.25, -0.2) is 4.79 Å². The molecule has 5 heteroatoms. The van der Waals surface area contributed by atoms with Gasteiger partial charge in [-0.2, -0.15) is 0 Å². The second-order valence-corrected chi connectivity index (χ2v) is 5.24. The Labute approximate surface area is 107 Å². The molecule has 2 saturated heterocycles. The van der Waals surface area contributed by atoms with E-state index in [2.05, 4.69) is 6.92 Å². The van der Waals surface area contributed by atoms with E-state index in [1.165, 1.54) is 0 Å². The minimum Gasteiger partial charge on any atom is -0.480 e. The minimum absolute atomic E-state index is 0.0329. The van der Waals surface area contributed by atoms with Gasteiger partial charge >= 0.3 is 5.97 Å². The number of hydrogen-bond donors (Lipinski definition) is 1. The van der Waals surface area contributed by atoms with E-state index < -0.39 is 12.0 Å². The number of likely N-dealkylation sites (tertiary alicyclic amines) is 1. The molecule has 0 aromatic carbocycles. The summed E-state index contributed by atoms with van der Waals surface area (Å²) in [6.45, 7) is 3.70. The van der Waals surface area contributed by atoms with Gasteiger partial charge in [-0.05, 0) is 25.2 Å². The number of carbonyl (C=O) groups excluding carboxylic acids is 1. The molecule has 102 valence electrons. The summed E-state index contributed by atoms with van der Waals surface area (Å²) in [5.74, 6) is -0.616. The summed E-state index contributed by atoms with van der Waals surface area (Å²) in [4.78, 5) is 25.2. The highest BCUT2D eigenvalue weighted by atomic mass is 16.5. The molecule has 1 N–H and O–H groups in total. The lowest BCUT2D eigenvalue weighted by molar-refractivity contribution is -0.155. The number of carboxylic acids is 1. The molecule has 2 rings (SSSR count). The summed E-state index contributed by atoms with van der Waals surface area (Å²) in [5, 5.41) is 9.29. The van der Waals surface area contributed by atoms with Crippen LogP contribution < -0.4 is 0 Å². The SMILES string of the molecule is CCC1CCN(C(=O)C2CCOC2)C(C(=O)O)C1. The highest BCUT2D eigenvalue weighted by Crippen LogP contribution is 2.28. The Morgan fingerprint density at radius 1 is 1.39 bits per heavy atom. The van der Waals surface area contributed by atoms with Crippen LogP contribution in [0.3, 0.4) is 0 Å². The van der Waals surface area contributed by atoms with E-state index >= 15 is 0 Å². The van der Waals surface area contributed by atoms with Crippen molar-refractivity contribution < 1.29 is 19.4 Å². The molecule has 2 heterocycles. The van der Waals surface area contributed by atoms with Gasteiger partial charge < -0.3 is 14.7 Å². The van der Waals surface area contributed by atoms with Crippen LogP contribution in [0, 0.1) is 11.8 Å². The lowest BCUT2D eigenvalue weighted by atomic mass is 9.88. The largest absolute Gasteiger partial charge is 0.480 e. The topological polar surface area (TPSA) is 66.8 Å². The first-order chi connectivity index (χ1) is 8.63. The van der Waals surface area contributed by atoms with Crippen LogP contribution in [0.4, 0.5) is 0 Å². The summed E-state index contributed by atoms with van der Waals surface area (Å²) in [6, 6.07) is -0.642. The molecular formula is C13H21NO4. The van der Waals surface area contributed by atoms with Gasteiger partial charge in [0, 0.05) is 13.2 Å². The molecule has 0 radical (unpaired) electrons. The van der Waals surface area contributed by atoms with Crippen LogP contribution >= 0.6 is 0 Å².